The molecule has 0 bridgehead atoms. The Hall–Kier alpha value is -2.92. The van der Waals surface area contributed by atoms with Crippen LogP contribution in [0.1, 0.15) is 16.1 Å². The molecule has 1 amide bonds. The lowest BCUT2D eigenvalue weighted by molar-refractivity contribution is 0.102. The molecule has 0 aliphatic heterocycles. The van der Waals surface area contributed by atoms with Gasteiger partial charge in [-0.15, -0.1) is 0 Å². The predicted octanol–water partition coefficient (Wildman–Crippen LogP) is 4.71. The van der Waals surface area contributed by atoms with E-state index < -0.39 is 11.7 Å². The van der Waals surface area contributed by atoms with Crippen molar-refractivity contribution in [1.29, 1.82) is 0 Å². The van der Waals surface area contributed by atoms with Crippen LogP contribution >= 0.6 is 11.6 Å². The fraction of sp³-hybridized carbons (Fsp3) is 0.0526. The fourth-order valence-corrected chi connectivity index (χ4v) is 2.43. The van der Waals surface area contributed by atoms with Crippen molar-refractivity contribution in [3.05, 3.63) is 89.0 Å². The van der Waals surface area contributed by atoms with E-state index in [9.17, 15) is 9.18 Å². The molecule has 3 rings (SSSR count). The molecule has 0 fully saturated rings. The zero-order chi connectivity index (χ0) is 17.6. The third-order valence-electron chi connectivity index (χ3n) is 3.38. The minimum Gasteiger partial charge on any atom is -0.487 e. The number of anilines is 1. The van der Waals surface area contributed by atoms with Gasteiger partial charge in [0, 0.05) is 18.0 Å². The van der Waals surface area contributed by atoms with Crippen molar-refractivity contribution in [2.45, 2.75) is 6.61 Å². The minimum atomic E-state index is -0.494. The Morgan fingerprint density at radius 2 is 2.00 bits per heavy atom. The summed E-state index contributed by atoms with van der Waals surface area (Å²) in [6.07, 6.45) is 1.70. The van der Waals surface area contributed by atoms with Gasteiger partial charge in [0.25, 0.3) is 5.91 Å². The quantitative estimate of drug-likeness (QED) is 0.720. The van der Waals surface area contributed by atoms with Crippen LogP contribution in [-0.4, -0.2) is 10.9 Å². The first kappa shape index (κ1) is 16.9. The highest BCUT2D eigenvalue weighted by Gasteiger charge is 2.11. The monoisotopic (exact) mass is 356 g/mol. The van der Waals surface area contributed by atoms with Crippen LogP contribution in [0.15, 0.2) is 66.9 Å². The Labute approximate surface area is 149 Å². The number of halogens is 2. The number of amides is 1. The predicted molar refractivity (Wildman–Crippen MR) is 94.4 cm³/mol. The molecular weight excluding hydrogens is 343 g/mol. The minimum absolute atomic E-state index is 0.0556. The molecular formula is C19H14ClFN2O2. The maximum atomic E-state index is 13.1. The van der Waals surface area contributed by atoms with Crippen LogP contribution in [-0.2, 0) is 6.61 Å². The SMILES string of the molecule is O=C(Nc1cccc(OCc2ccccn2)c1)c1ccc(F)cc1Cl. The van der Waals surface area contributed by atoms with Gasteiger partial charge < -0.3 is 10.1 Å². The number of rotatable bonds is 5. The summed E-state index contributed by atoms with van der Waals surface area (Å²) in [7, 11) is 0. The standard InChI is InChI=1S/C19H14ClFN2O2/c20-18-10-13(21)7-8-17(18)19(24)23-14-5-3-6-16(11-14)25-12-15-4-1-2-9-22-15/h1-11H,12H2,(H,23,24). The zero-order valence-electron chi connectivity index (χ0n) is 13.1. The van der Waals surface area contributed by atoms with Gasteiger partial charge in [-0.3, -0.25) is 9.78 Å². The Kier molecular flexibility index (Phi) is 5.26. The molecule has 6 heteroatoms. The lowest BCUT2D eigenvalue weighted by atomic mass is 10.2. The number of carbonyl (C=O) groups is 1. The number of hydrogen-bond donors (Lipinski definition) is 1. The maximum absolute atomic E-state index is 13.1. The Morgan fingerprint density at radius 3 is 2.76 bits per heavy atom. The molecule has 0 aliphatic carbocycles. The van der Waals surface area contributed by atoms with Crippen LogP contribution in [0.3, 0.4) is 0 Å². The van der Waals surface area contributed by atoms with Gasteiger partial charge in [-0.2, -0.15) is 0 Å². The molecule has 3 aromatic rings. The van der Waals surface area contributed by atoms with Crippen LogP contribution in [0, 0.1) is 5.82 Å². The molecule has 1 N–H and O–H groups in total. The smallest absolute Gasteiger partial charge is 0.257 e. The van der Waals surface area contributed by atoms with Crippen molar-refractivity contribution in [2.75, 3.05) is 5.32 Å². The number of aromatic nitrogens is 1. The normalized spacial score (nSPS) is 10.3. The maximum Gasteiger partial charge on any atom is 0.257 e. The van der Waals surface area contributed by atoms with Crippen LogP contribution < -0.4 is 10.1 Å². The molecule has 4 nitrogen and oxygen atoms in total. The van der Waals surface area contributed by atoms with Gasteiger partial charge in [0.05, 0.1) is 16.3 Å². The molecule has 0 saturated carbocycles. The number of nitrogens with one attached hydrogen (secondary N) is 1. The summed E-state index contributed by atoms with van der Waals surface area (Å²) >= 11 is 5.91. The van der Waals surface area contributed by atoms with E-state index in [2.05, 4.69) is 10.3 Å². The van der Waals surface area contributed by atoms with E-state index in [0.717, 1.165) is 11.8 Å². The van der Waals surface area contributed by atoms with Gasteiger partial charge in [0.15, 0.2) is 0 Å². The average molecular weight is 357 g/mol. The van der Waals surface area contributed by atoms with Crippen molar-refractivity contribution in [3.63, 3.8) is 0 Å². The first-order chi connectivity index (χ1) is 12.1. The molecule has 0 saturated heterocycles. The van der Waals surface area contributed by atoms with Crippen molar-refractivity contribution >= 4 is 23.2 Å². The fourth-order valence-electron chi connectivity index (χ4n) is 2.18. The summed E-state index contributed by atoms with van der Waals surface area (Å²) in [6.45, 7) is 0.321. The Balaban J connectivity index is 1.68. The molecule has 0 spiro atoms. The van der Waals surface area contributed by atoms with Crippen LogP contribution in [0.2, 0.25) is 5.02 Å². The summed E-state index contributed by atoms with van der Waals surface area (Å²) in [5.41, 5.74) is 1.54. The molecule has 25 heavy (non-hydrogen) atoms. The Bertz CT molecular complexity index is 888. The van der Waals surface area contributed by atoms with Gasteiger partial charge in [-0.25, -0.2) is 4.39 Å². The van der Waals surface area contributed by atoms with Crippen molar-refractivity contribution in [1.82, 2.24) is 4.98 Å². The topological polar surface area (TPSA) is 51.2 Å². The first-order valence-electron chi connectivity index (χ1n) is 7.51. The largest absolute Gasteiger partial charge is 0.487 e. The second-order valence-corrected chi connectivity index (χ2v) is 5.62. The van der Waals surface area contributed by atoms with Gasteiger partial charge in [-0.1, -0.05) is 23.7 Å². The van der Waals surface area contributed by atoms with Gasteiger partial charge >= 0.3 is 0 Å². The molecule has 1 aromatic heterocycles. The van der Waals surface area contributed by atoms with Crippen molar-refractivity contribution in [3.8, 4) is 5.75 Å². The average Bonchev–Trinajstić information content (AvgIpc) is 2.61. The number of pyridine rings is 1. The first-order valence-corrected chi connectivity index (χ1v) is 7.89. The molecule has 0 radical (unpaired) electrons. The molecule has 126 valence electrons. The van der Waals surface area contributed by atoms with Crippen LogP contribution in [0.4, 0.5) is 10.1 Å². The number of hydrogen-bond acceptors (Lipinski definition) is 3. The number of carbonyl (C=O) groups excluding carboxylic acids is 1. The third kappa shape index (κ3) is 4.55. The third-order valence-corrected chi connectivity index (χ3v) is 3.69. The van der Waals surface area contributed by atoms with Crippen molar-refractivity contribution in [2.24, 2.45) is 0 Å². The van der Waals surface area contributed by atoms with E-state index in [0.29, 0.717) is 18.0 Å². The summed E-state index contributed by atoms with van der Waals surface area (Å²) in [6, 6.07) is 16.2. The van der Waals surface area contributed by atoms with Crippen molar-refractivity contribution < 1.29 is 13.9 Å². The van der Waals surface area contributed by atoms with Gasteiger partial charge in [-0.05, 0) is 42.5 Å². The van der Waals surface area contributed by atoms with E-state index in [1.165, 1.54) is 12.1 Å². The highest BCUT2D eigenvalue weighted by Crippen LogP contribution is 2.22. The summed E-state index contributed by atoms with van der Waals surface area (Å²) in [5.74, 6) is -0.327. The van der Waals surface area contributed by atoms with E-state index in [-0.39, 0.29) is 10.6 Å². The lowest BCUT2D eigenvalue weighted by Gasteiger charge is -2.10. The molecule has 1 heterocycles. The second kappa shape index (κ2) is 7.77. The molecule has 0 unspecified atom stereocenters. The Morgan fingerprint density at radius 1 is 1.12 bits per heavy atom. The summed E-state index contributed by atoms with van der Waals surface area (Å²) in [4.78, 5) is 16.4. The molecule has 0 aliphatic rings. The molecule has 2 aromatic carbocycles. The number of nitrogens with zero attached hydrogens (tertiary/aromatic N) is 1. The van der Waals surface area contributed by atoms with E-state index in [1.54, 1.807) is 30.5 Å². The highest BCUT2D eigenvalue weighted by molar-refractivity contribution is 6.34. The molecule has 0 atom stereocenters. The zero-order valence-corrected chi connectivity index (χ0v) is 13.8. The summed E-state index contributed by atoms with van der Waals surface area (Å²) in [5, 5.41) is 2.77. The van der Waals surface area contributed by atoms with Gasteiger partial charge in [0.2, 0.25) is 0 Å². The number of ether oxygens (including phenoxy) is 1. The lowest BCUT2D eigenvalue weighted by Crippen LogP contribution is -2.12. The van der Waals surface area contributed by atoms with Crippen LogP contribution in [0.25, 0.3) is 0 Å². The van der Waals surface area contributed by atoms with Crippen LogP contribution in [0.5, 0.6) is 5.75 Å². The van der Waals surface area contributed by atoms with Gasteiger partial charge in [0.1, 0.15) is 18.2 Å². The second-order valence-electron chi connectivity index (χ2n) is 5.22. The highest BCUT2D eigenvalue weighted by atomic mass is 35.5. The summed E-state index contributed by atoms with van der Waals surface area (Å²) < 4.78 is 18.7. The van der Waals surface area contributed by atoms with E-state index in [1.807, 2.05) is 18.2 Å². The van der Waals surface area contributed by atoms with E-state index >= 15 is 0 Å². The van der Waals surface area contributed by atoms with E-state index in [4.69, 9.17) is 16.3 Å². The number of benzene rings is 2.